The maximum Gasteiger partial charge on any atom is 0.275 e. The standard InChI is InChI=1S/C11H10N2O2S/c14-8-3-1-7(2-4-8)13-11(15)9-5-16-6-10(9)12-13/h1-4,12,14H,5-6H2. The van der Waals surface area contributed by atoms with Crippen LogP contribution in [0.15, 0.2) is 29.1 Å². The maximum absolute atomic E-state index is 12.0. The second kappa shape index (κ2) is 3.45. The molecule has 0 fully saturated rings. The molecule has 0 amide bonds. The normalized spacial score (nSPS) is 14.0. The zero-order valence-electron chi connectivity index (χ0n) is 8.43. The van der Waals surface area contributed by atoms with Crippen LogP contribution in [0.2, 0.25) is 0 Å². The predicted molar refractivity (Wildman–Crippen MR) is 63.1 cm³/mol. The van der Waals surface area contributed by atoms with Crippen LogP contribution in [-0.4, -0.2) is 14.9 Å². The van der Waals surface area contributed by atoms with Crippen LogP contribution in [0.4, 0.5) is 0 Å². The molecule has 0 atom stereocenters. The lowest BCUT2D eigenvalue weighted by Crippen LogP contribution is -2.16. The molecule has 0 unspecified atom stereocenters. The van der Waals surface area contributed by atoms with E-state index in [2.05, 4.69) is 5.10 Å². The van der Waals surface area contributed by atoms with E-state index in [9.17, 15) is 9.90 Å². The van der Waals surface area contributed by atoms with E-state index in [4.69, 9.17) is 0 Å². The van der Waals surface area contributed by atoms with Crippen LogP contribution in [0, 0.1) is 0 Å². The number of aromatic hydroxyl groups is 1. The molecule has 2 N–H and O–H groups in total. The molecule has 0 radical (unpaired) electrons. The van der Waals surface area contributed by atoms with Crippen molar-refractivity contribution in [3.05, 3.63) is 45.9 Å². The van der Waals surface area contributed by atoms with Gasteiger partial charge in [-0.15, -0.1) is 0 Å². The van der Waals surface area contributed by atoms with Crippen molar-refractivity contribution in [1.82, 2.24) is 9.78 Å². The molecule has 82 valence electrons. The van der Waals surface area contributed by atoms with Gasteiger partial charge in [-0.2, -0.15) is 11.8 Å². The Morgan fingerprint density at radius 3 is 2.69 bits per heavy atom. The molecular weight excluding hydrogens is 224 g/mol. The second-order valence-electron chi connectivity index (χ2n) is 3.72. The molecule has 3 rings (SSSR count). The van der Waals surface area contributed by atoms with E-state index in [0.29, 0.717) is 0 Å². The first-order chi connectivity index (χ1) is 7.75. The fourth-order valence-electron chi connectivity index (χ4n) is 1.82. The van der Waals surface area contributed by atoms with E-state index in [1.165, 1.54) is 4.68 Å². The third-order valence-corrected chi connectivity index (χ3v) is 3.66. The van der Waals surface area contributed by atoms with E-state index >= 15 is 0 Å². The van der Waals surface area contributed by atoms with Crippen LogP contribution in [0.1, 0.15) is 11.3 Å². The number of thioether (sulfide) groups is 1. The van der Waals surface area contributed by atoms with Crippen molar-refractivity contribution in [3.63, 3.8) is 0 Å². The molecule has 2 aromatic rings. The van der Waals surface area contributed by atoms with Crippen LogP contribution in [0.3, 0.4) is 0 Å². The van der Waals surface area contributed by atoms with Gasteiger partial charge in [0.2, 0.25) is 0 Å². The largest absolute Gasteiger partial charge is 0.508 e. The molecule has 4 nitrogen and oxygen atoms in total. The molecule has 1 aromatic carbocycles. The Balaban J connectivity index is 2.14. The summed E-state index contributed by atoms with van der Waals surface area (Å²) < 4.78 is 1.53. The summed E-state index contributed by atoms with van der Waals surface area (Å²) in [6.07, 6.45) is 0. The number of phenolic OH excluding ortho intramolecular Hbond substituents is 1. The van der Waals surface area contributed by atoms with Crippen LogP contribution in [0.25, 0.3) is 5.69 Å². The summed E-state index contributed by atoms with van der Waals surface area (Å²) in [6.45, 7) is 0. The van der Waals surface area contributed by atoms with Gasteiger partial charge in [0.25, 0.3) is 5.56 Å². The fraction of sp³-hybridized carbons (Fsp3) is 0.182. The highest BCUT2D eigenvalue weighted by atomic mass is 32.2. The van der Waals surface area contributed by atoms with Gasteiger partial charge in [-0.25, -0.2) is 4.68 Å². The molecule has 1 aliphatic rings. The number of hydrogen-bond acceptors (Lipinski definition) is 3. The summed E-state index contributed by atoms with van der Waals surface area (Å²) in [4.78, 5) is 12.0. The first-order valence-corrected chi connectivity index (χ1v) is 6.11. The molecule has 16 heavy (non-hydrogen) atoms. The highest BCUT2D eigenvalue weighted by Gasteiger charge is 2.19. The molecule has 2 heterocycles. The number of hydrogen-bond donors (Lipinski definition) is 2. The molecule has 1 aromatic heterocycles. The fourth-order valence-corrected chi connectivity index (χ4v) is 2.87. The Morgan fingerprint density at radius 2 is 2.00 bits per heavy atom. The summed E-state index contributed by atoms with van der Waals surface area (Å²) in [5.74, 6) is 1.86. The topological polar surface area (TPSA) is 58.0 Å². The number of aromatic nitrogens is 2. The van der Waals surface area contributed by atoms with Crippen LogP contribution in [-0.2, 0) is 11.5 Å². The minimum absolute atomic E-state index is 0.0192. The Hall–Kier alpha value is -1.62. The molecule has 0 spiro atoms. The third kappa shape index (κ3) is 1.36. The van der Waals surface area contributed by atoms with Gasteiger partial charge in [-0.05, 0) is 24.3 Å². The minimum Gasteiger partial charge on any atom is -0.508 e. The van der Waals surface area contributed by atoms with Crippen LogP contribution in [0.5, 0.6) is 5.75 Å². The van der Waals surface area contributed by atoms with Gasteiger partial charge >= 0.3 is 0 Å². The van der Waals surface area contributed by atoms with Crippen molar-refractivity contribution in [2.45, 2.75) is 11.5 Å². The van der Waals surface area contributed by atoms with Gasteiger partial charge in [-0.1, -0.05) is 0 Å². The van der Waals surface area contributed by atoms with Crippen molar-refractivity contribution in [3.8, 4) is 11.4 Å². The molecule has 0 bridgehead atoms. The van der Waals surface area contributed by atoms with Gasteiger partial charge < -0.3 is 5.11 Å². The zero-order valence-corrected chi connectivity index (χ0v) is 9.25. The van der Waals surface area contributed by atoms with E-state index in [-0.39, 0.29) is 11.3 Å². The Labute approximate surface area is 95.9 Å². The lowest BCUT2D eigenvalue weighted by molar-refractivity contribution is 0.475. The van der Waals surface area contributed by atoms with Crippen LogP contribution >= 0.6 is 11.8 Å². The summed E-state index contributed by atoms with van der Waals surface area (Å²) >= 11 is 1.75. The van der Waals surface area contributed by atoms with Gasteiger partial charge in [0.1, 0.15) is 5.75 Å². The van der Waals surface area contributed by atoms with E-state index in [1.54, 1.807) is 36.0 Å². The summed E-state index contributed by atoms with van der Waals surface area (Å²) in [7, 11) is 0. The Kier molecular flexibility index (Phi) is 2.07. The number of rotatable bonds is 1. The maximum atomic E-state index is 12.0. The Morgan fingerprint density at radius 1 is 1.25 bits per heavy atom. The monoisotopic (exact) mass is 234 g/mol. The van der Waals surface area contributed by atoms with Crippen LogP contribution < -0.4 is 5.56 Å². The van der Waals surface area contributed by atoms with E-state index in [0.717, 1.165) is 28.5 Å². The van der Waals surface area contributed by atoms with Crippen molar-refractivity contribution in [1.29, 1.82) is 0 Å². The van der Waals surface area contributed by atoms with Gasteiger partial charge in [0, 0.05) is 11.5 Å². The summed E-state index contributed by atoms with van der Waals surface area (Å²) in [5.41, 5.74) is 2.66. The highest BCUT2D eigenvalue weighted by molar-refractivity contribution is 7.98. The molecule has 0 saturated carbocycles. The lowest BCUT2D eigenvalue weighted by Gasteiger charge is -2.02. The zero-order chi connectivity index (χ0) is 11.1. The number of H-pyrrole nitrogens is 1. The lowest BCUT2D eigenvalue weighted by atomic mass is 10.3. The predicted octanol–water partition coefficient (Wildman–Crippen LogP) is 1.62. The smallest absolute Gasteiger partial charge is 0.275 e. The number of phenols is 1. The van der Waals surface area contributed by atoms with Crippen molar-refractivity contribution in [2.75, 3.05) is 0 Å². The molecular formula is C11H10N2O2S. The quantitative estimate of drug-likeness (QED) is 0.788. The number of benzene rings is 1. The van der Waals surface area contributed by atoms with Gasteiger partial charge in [0.15, 0.2) is 0 Å². The van der Waals surface area contributed by atoms with Crippen molar-refractivity contribution >= 4 is 11.8 Å². The number of nitrogens with one attached hydrogen (secondary N) is 1. The van der Waals surface area contributed by atoms with Crippen molar-refractivity contribution in [2.24, 2.45) is 0 Å². The number of aromatic amines is 1. The first kappa shape index (κ1) is 9.59. The SMILES string of the molecule is O=c1c2c([nH]n1-c1ccc(O)cc1)CSC2. The second-order valence-corrected chi connectivity index (χ2v) is 4.70. The molecule has 5 heteroatoms. The third-order valence-electron chi connectivity index (χ3n) is 2.67. The van der Waals surface area contributed by atoms with E-state index < -0.39 is 0 Å². The number of nitrogens with zero attached hydrogens (tertiary/aromatic N) is 1. The summed E-state index contributed by atoms with van der Waals surface area (Å²) in [6, 6.07) is 6.58. The molecule has 1 aliphatic heterocycles. The minimum atomic E-state index is 0.0192. The molecule has 0 aliphatic carbocycles. The molecule has 0 saturated heterocycles. The van der Waals surface area contributed by atoms with E-state index in [1.807, 2.05) is 0 Å². The Bertz CT molecular complexity index is 583. The first-order valence-electron chi connectivity index (χ1n) is 4.95. The average molecular weight is 234 g/mol. The average Bonchev–Trinajstić information content (AvgIpc) is 2.84. The van der Waals surface area contributed by atoms with Gasteiger partial charge in [0.05, 0.1) is 16.9 Å². The number of fused-ring (bicyclic) bond motifs is 1. The van der Waals surface area contributed by atoms with Crippen molar-refractivity contribution < 1.29 is 5.11 Å². The summed E-state index contributed by atoms with van der Waals surface area (Å²) in [5, 5.41) is 12.3. The van der Waals surface area contributed by atoms with Gasteiger partial charge in [-0.3, -0.25) is 9.89 Å². The highest BCUT2D eigenvalue weighted by Crippen LogP contribution is 2.26.